The van der Waals surface area contributed by atoms with Crippen LogP contribution in [0.2, 0.25) is 0 Å². The Balaban J connectivity index is 2.69. The summed E-state index contributed by atoms with van der Waals surface area (Å²) in [6.07, 6.45) is 6.47. The van der Waals surface area contributed by atoms with Crippen molar-refractivity contribution in [2.75, 3.05) is 19.0 Å². The quantitative estimate of drug-likeness (QED) is 0.590. The Kier molecular flexibility index (Phi) is 6.90. The average molecular weight is 371 g/mol. The van der Waals surface area contributed by atoms with Crippen LogP contribution in [0.5, 0.6) is 0 Å². The van der Waals surface area contributed by atoms with Crippen molar-refractivity contribution in [2.45, 2.75) is 33.6 Å². The van der Waals surface area contributed by atoms with Crippen LogP contribution in [0.3, 0.4) is 0 Å². The van der Waals surface area contributed by atoms with Crippen molar-refractivity contribution < 1.29 is 8.78 Å². The third-order valence-electron chi connectivity index (χ3n) is 5.33. The summed E-state index contributed by atoms with van der Waals surface area (Å²) in [6.45, 7) is 6.07. The maximum atomic E-state index is 15.3. The fourth-order valence-electron chi connectivity index (χ4n) is 3.61. The first-order valence-electron chi connectivity index (χ1n) is 9.30. The molecule has 27 heavy (non-hydrogen) atoms. The normalized spacial score (nSPS) is 20.0. The first-order chi connectivity index (χ1) is 12.8. The Labute approximate surface area is 160 Å². The van der Waals surface area contributed by atoms with Crippen molar-refractivity contribution in [3.8, 4) is 6.07 Å². The van der Waals surface area contributed by atoms with E-state index in [9.17, 15) is 9.65 Å². The second kappa shape index (κ2) is 8.94. The number of nitriles is 1. The number of rotatable bonds is 6. The lowest BCUT2D eigenvalue weighted by Crippen LogP contribution is -2.25. The number of halogens is 2. The SMILES string of the molecule is CC=CC(C(C)CC)C1CC(F)=C(C#N)C(F)=C1c1cc(N(C)C)ccn1. The van der Waals surface area contributed by atoms with Crippen LogP contribution in [0, 0.1) is 29.1 Å². The highest BCUT2D eigenvalue weighted by molar-refractivity contribution is 5.76. The number of hydrogen-bond donors (Lipinski definition) is 0. The van der Waals surface area contributed by atoms with E-state index in [0.29, 0.717) is 11.3 Å². The Morgan fingerprint density at radius 1 is 1.41 bits per heavy atom. The molecular weight excluding hydrogens is 344 g/mol. The van der Waals surface area contributed by atoms with Gasteiger partial charge in [0, 0.05) is 43.9 Å². The lowest BCUT2D eigenvalue weighted by Gasteiger charge is -2.33. The van der Waals surface area contributed by atoms with Crippen LogP contribution in [0.1, 0.15) is 39.3 Å². The molecule has 0 spiro atoms. The largest absolute Gasteiger partial charge is 0.378 e. The van der Waals surface area contributed by atoms with Crippen molar-refractivity contribution in [3.05, 3.63) is 53.4 Å². The van der Waals surface area contributed by atoms with E-state index in [-0.39, 0.29) is 18.3 Å². The second-order valence-electron chi connectivity index (χ2n) is 7.21. The third kappa shape index (κ3) is 4.27. The van der Waals surface area contributed by atoms with E-state index in [1.807, 2.05) is 44.1 Å². The number of anilines is 1. The van der Waals surface area contributed by atoms with E-state index in [4.69, 9.17) is 0 Å². The van der Waals surface area contributed by atoms with Gasteiger partial charge in [0.15, 0.2) is 0 Å². The molecule has 0 aliphatic heterocycles. The number of allylic oxidation sites excluding steroid dienone is 6. The van der Waals surface area contributed by atoms with Crippen LogP contribution < -0.4 is 4.90 Å². The predicted octanol–water partition coefficient (Wildman–Crippen LogP) is 5.83. The fourth-order valence-corrected chi connectivity index (χ4v) is 3.61. The lowest BCUT2D eigenvalue weighted by atomic mass is 9.71. The second-order valence-corrected chi connectivity index (χ2v) is 7.21. The minimum absolute atomic E-state index is 0.0128. The highest BCUT2D eigenvalue weighted by Gasteiger charge is 2.37. The van der Waals surface area contributed by atoms with Crippen molar-refractivity contribution in [2.24, 2.45) is 17.8 Å². The zero-order chi connectivity index (χ0) is 20.1. The molecule has 0 bridgehead atoms. The van der Waals surface area contributed by atoms with Gasteiger partial charge in [-0.3, -0.25) is 4.98 Å². The van der Waals surface area contributed by atoms with Gasteiger partial charge >= 0.3 is 0 Å². The first-order valence-corrected chi connectivity index (χ1v) is 9.30. The molecule has 144 valence electrons. The van der Waals surface area contributed by atoms with Gasteiger partial charge < -0.3 is 4.90 Å². The number of nitrogens with zero attached hydrogens (tertiary/aromatic N) is 3. The van der Waals surface area contributed by atoms with Crippen LogP contribution in [0.15, 0.2) is 47.7 Å². The van der Waals surface area contributed by atoms with Gasteiger partial charge in [0.2, 0.25) is 0 Å². The summed E-state index contributed by atoms with van der Waals surface area (Å²) < 4.78 is 29.8. The summed E-state index contributed by atoms with van der Waals surface area (Å²) in [4.78, 5) is 6.27. The van der Waals surface area contributed by atoms with Crippen molar-refractivity contribution in [3.63, 3.8) is 0 Å². The summed E-state index contributed by atoms with van der Waals surface area (Å²) in [5, 5.41) is 9.26. The minimum Gasteiger partial charge on any atom is -0.378 e. The Morgan fingerprint density at radius 3 is 2.67 bits per heavy atom. The van der Waals surface area contributed by atoms with Gasteiger partial charge in [-0.25, -0.2) is 8.78 Å². The molecule has 0 N–H and O–H groups in total. The molecule has 1 aromatic rings. The molecule has 3 nitrogen and oxygen atoms in total. The summed E-state index contributed by atoms with van der Waals surface area (Å²) in [5.74, 6) is -1.67. The monoisotopic (exact) mass is 371 g/mol. The first kappa shape index (κ1) is 20.8. The number of hydrogen-bond acceptors (Lipinski definition) is 3. The Bertz CT molecular complexity index is 815. The fraction of sp³-hybridized carbons (Fsp3) is 0.455. The third-order valence-corrected chi connectivity index (χ3v) is 5.33. The van der Waals surface area contributed by atoms with Crippen LogP contribution in [-0.4, -0.2) is 19.1 Å². The average Bonchev–Trinajstić information content (AvgIpc) is 2.65. The van der Waals surface area contributed by atoms with Crippen LogP contribution in [-0.2, 0) is 0 Å². The lowest BCUT2D eigenvalue weighted by molar-refractivity contribution is 0.318. The van der Waals surface area contributed by atoms with Gasteiger partial charge in [0.05, 0.1) is 5.69 Å². The molecule has 2 rings (SSSR count). The predicted molar refractivity (Wildman–Crippen MR) is 106 cm³/mol. The van der Waals surface area contributed by atoms with Gasteiger partial charge in [0.1, 0.15) is 23.3 Å². The summed E-state index contributed by atoms with van der Waals surface area (Å²) >= 11 is 0. The van der Waals surface area contributed by atoms with E-state index in [1.165, 1.54) is 0 Å². The number of pyridine rings is 1. The molecule has 5 heteroatoms. The van der Waals surface area contributed by atoms with E-state index in [2.05, 4.69) is 18.8 Å². The van der Waals surface area contributed by atoms with E-state index in [1.54, 1.807) is 18.3 Å². The van der Waals surface area contributed by atoms with Crippen molar-refractivity contribution in [1.29, 1.82) is 5.26 Å². The standard InChI is InChI=1S/C22H27F2N3/c1-6-8-16(14(3)7-2)17-12-19(23)18(13-25)22(24)21(17)20-11-15(27(4)5)9-10-26-20/h6,8-11,14,16-17H,7,12H2,1-5H3. The highest BCUT2D eigenvalue weighted by atomic mass is 19.1. The van der Waals surface area contributed by atoms with Crippen LogP contribution in [0.25, 0.3) is 5.57 Å². The van der Waals surface area contributed by atoms with Gasteiger partial charge in [-0.2, -0.15) is 5.26 Å². The molecule has 1 heterocycles. The van der Waals surface area contributed by atoms with Crippen molar-refractivity contribution >= 4 is 11.3 Å². The van der Waals surface area contributed by atoms with Gasteiger partial charge in [0.25, 0.3) is 0 Å². The summed E-state index contributed by atoms with van der Waals surface area (Å²) in [7, 11) is 3.79. The molecule has 0 amide bonds. The summed E-state index contributed by atoms with van der Waals surface area (Å²) in [5.41, 5.74) is 1.17. The topological polar surface area (TPSA) is 39.9 Å². The van der Waals surface area contributed by atoms with Gasteiger partial charge in [-0.1, -0.05) is 32.4 Å². The highest BCUT2D eigenvalue weighted by Crippen LogP contribution is 2.47. The molecule has 0 saturated carbocycles. The minimum atomic E-state index is -0.785. The molecule has 1 aliphatic carbocycles. The zero-order valence-corrected chi connectivity index (χ0v) is 16.6. The molecule has 3 unspecified atom stereocenters. The molecule has 1 aromatic heterocycles. The van der Waals surface area contributed by atoms with E-state index >= 15 is 4.39 Å². The Morgan fingerprint density at radius 2 is 2.11 bits per heavy atom. The smallest absolute Gasteiger partial charge is 0.149 e. The molecule has 3 atom stereocenters. The molecule has 0 radical (unpaired) electrons. The molecule has 0 aromatic carbocycles. The molecule has 0 saturated heterocycles. The van der Waals surface area contributed by atoms with Crippen molar-refractivity contribution in [1.82, 2.24) is 4.98 Å². The molecule has 0 fully saturated rings. The maximum absolute atomic E-state index is 15.3. The van der Waals surface area contributed by atoms with Gasteiger partial charge in [-0.05, 0) is 30.9 Å². The van der Waals surface area contributed by atoms with Crippen LogP contribution in [0.4, 0.5) is 14.5 Å². The molecule has 1 aliphatic rings. The maximum Gasteiger partial charge on any atom is 0.149 e. The number of aromatic nitrogens is 1. The van der Waals surface area contributed by atoms with Crippen LogP contribution >= 0.6 is 0 Å². The van der Waals surface area contributed by atoms with Gasteiger partial charge in [-0.15, -0.1) is 0 Å². The Hall–Kier alpha value is -2.48. The van der Waals surface area contributed by atoms with E-state index < -0.39 is 23.1 Å². The summed E-state index contributed by atoms with van der Waals surface area (Å²) in [6, 6.07) is 5.32. The van der Waals surface area contributed by atoms with E-state index in [0.717, 1.165) is 12.1 Å². The molecular formula is C22H27F2N3. The zero-order valence-electron chi connectivity index (χ0n) is 16.6.